The van der Waals surface area contributed by atoms with Gasteiger partial charge in [0.15, 0.2) is 11.9 Å². The lowest BCUT2D eigenvalue weighted by atomic mass is 10.3. The van der Waals surface area contributed by atoms with Crippen molar-refractivity contribution in [3.63, 3.8) is 0 Å². The second-order valence-electron chi connectivity index (χ2n) is 2.55. The predicted molar refractivity (Wildman–Crippen MR) is 44.0 cm³/mol. The lowest BCUT2D eigenvalue weighted by Crippen LogP contribution is -1.85. The van der Waals surface area contributed by atoms with Crippen LogP contribution in [0.25, 0.3) is 11.2 Å². The number of carbonyl (C=O) groups is 1. The highest BCUT2D eigenvalue weighted by Gasteiger charge is 2.00. The Balaban J connectivity index is 2.74. The van der Waals surface area contributed by atoms with Crippen LogP contribution in [0.5, 0.6) is 0 Å². The minimum Gasteiger partial charge on any atom is -0.341 e. The topological polar surface area (TPSA) is 58.6 Å². The van der Waals surface area contributed by atoms with Crippen LogP contribution in [0.1, 0.15) is 16.3 Å². The summed E-state index contributed by atoms with van der Waals surface area (Å²) in [7, 11) is 0. The Morgan fingerprint density at radius 1 is 1.42 bits per heavy atom. The van der Waals surface area contributed by atoms with E-state index in [2.05, 4.69) is 15.0 Å². The summed E-state index contributed by atoms with van der Waals surface area (Å²) in [6, 6.07) is 3.46. The van der Waals surface area contributed by atoms with Crippen LogP contribution in [-0.4, -0.2) is 21.2 Å². The molecule has 4 heteroatoms. The molecule has 0 fully saturated rings. The van der Waals surface area contributed by atoms with Crippen LogP contribution in [0.3, 0.4) is 0 Å². The number of nitrogens with zero attached hydrogens (tertiary/aromatic N) is 2. The molecule has 2 aromatic rings. The molecule has 0 unspecified atom stereocenters. The molecule has 0 atom stereocenters. The number of carbonyl (C=O) groups excluding carboxylic acids is 1. The molecule has 12 heavy (non-hydrogen) atoms. The fourth-order valence-corrected chi connectivity index (χ4v) is 1.09. The Labute approximate surface area is 68.7 Å². The minimum atomic E-state index is 0.411. The first-order chi connectivity index (χ1) is 5.79. The number of aryl methyl sites for hydroxylation is 1. The van der Waals surface area contributed by atoms with E-state index in [1.54, 1.807) is 12.1 Å². The van der Waals surface area contributed by atoms with E-state index in [1.165, 1.54) is 0 Å². The van der Waals surface area contributed by atoms with Gasteiger partial charge in [-0.25, -0.2) is 9.97 Å². The normalized spacial score (nSPS) is 10.4. The molecular formula is C8H7N3O. The number of H-pyrrole nitrogens is 1. The van der Waals surface area contributed by atoms with Crippen LogP contribution >= 0.6 is 0 Å². The monoisotopic (exact) mass is 161 g/mol. The largest absolute Gasteiger partial charge is 0.341 e. The molecule has 2 aromatic heterocycles. The van der Waals surface area contributed by atoms with Crippen LogP contribution in [0.4, 0.5) is 0 Å². The Hall–Kier alpha value is -1.71. The van der Waals surface area contributed by atoms with Gasteiger partial charge in [0.05, 0.1) is 5.52 Å². The molecule has 1 N–H and O–H groups in total. The molecule has 0 aliphatic heterocycles. The van der Waals surface area contributed by atoms with E-state index in [4.69, 9.17) is 0 Å². The van der Waals surface area contributed by atoms with Crippen LogP contribution < -0.4 is 0 Å². The predicted octanol–water partition coefficient (Wildman–Crippen LogP) is 1.08. The average molecular weight is 161 g/mol. The van der Waals surface area contributed by atoms with E-state index < -0.39 is 0 Å². The number of aromatic amines is 1. The van der Waals surface area contributed by atoms with Crippen LogP contribution in [-0.2, 0) is 0 Å². The van der Waals surface area contributed by atoms with Crippen molar-refractivity contribution in [1.82, 2.24) is 15.0 Å². The zero-order chi connectivity index (χ0) is 8.55. The number of aromatic nitrogens is 3. The number of imidazole rings is 1. The average Bonchev–Trinajstić information content (AvgIpc) is 2.43. The van der Waals surface area contributed by atoms with E-state index in [9.17, 15) is 4.79 Å². The van der Waals surface area contributed by atoms with E-state index >= 15 is 0 Å². The van der Waals surface area contributed by atoms with Crippen LogP contribution in [0.15, 0.2) is 12.1 Å². The molecule has 2 rings (SSSR count). The summed E-state index contributed by atoms with van der Waals surface area (Å²) >= 11 is 0. The molecule has 0 radical (unpaired) electrons. The zero-order valence-corrected chi connectivity index (χ0v) is 6.53. The highest BCUT2D eigenvalue weighted by molar-refractivity contribution is 5.78. The van der Waals surface area contributed by atoms with E-state index in [0.29, 0.717) is 17.6 Å². The smallest absolute Gasteiger partial charge is 0.178 e. The van der Waals surface area contributed by atoms with Crippen molar-refractivity contribution in [2.75, 3.05) is 0 Å². The first-order valence-electron chi connectivity index (χ1n) is 3.58. The SMILES string of the molecule is Cc1nc2nc(C=O)ccc2[nH]1. The van der Waals surface area contributed by atoms with Gasteiger partial charge in [-0.2, -0.15) is 0 Å². The Kier molecular flexibility index (Phi) is 1.40. The fraction of sp³-hybridized carbons (Fsp3) is 0.125. The molecule has 0 spiro atoms. The number of rotatable bonds is 1. The summed E-state index contributed by atoms with van der Waals surface area (Å²) in [5, 5.41) is 0. The summed E-state index contributed by atoms with van der Waals surface area (Å²) in [6.07, 6.45) is 0.712. The summed E-state index contributed by atoms with van der Waals surface area (Å²) in [5.41, 5.74) is 1.87. The van der Waals surface area contributed by atoms with Gasteiger partial charge in [0.1, 0.15) is 11.5 Å². The maximum atomic E-state index is 10.4. The fourth-order valence-electron chi connectivity index (χ4n) is 1.09. The summed E-state index contributed by atoms with van der Waals surface area (Å²) < 4.78 is 0. The number of aldehydes is 1. The van der Waals surface area contributed by atoms with Crippen LogP contribution in [0, 0.1) is 6.92 Å². The van der Waals surface area contributed by atoms with Gasteiger partial charge < -0.3 is 4.98 Å². The van der Waals surface area contributed by atoms with Crippen LogP contribution in [0.2, 0.25) is 0 Å². The molecule has 2 heterocycles. The van der Waals surface area contributed by atoms with E-state index in [0.717, 1.165) is 11.3 Å². The minimum absolute atomic E-state index is 0.411. The van der Waals surface area contributed by atoms with Crippen molar-refractivity contribution in [2.45, 2.75) is 6.92 Å². The van der Waals surface area contributed by atoms with E-state index in [1.807, 2.05) is 6.92 Å². The van der Waals surface area contributed by atoms with Gasteiger partial charge in [-0.1, -0.05) is 0 Å². The molecular weight excluding hydrogens is 154 g/mol. The van der Waals surface area contributed by atoms with Crippen molar-refractivity contribution in [2.24, 2.45) is 0 Å². The molecule has 0 saturated carbocycles. The molecule has 0 aliphatic carbocycles. The summed E-state index contributed by atoms with van der Waals surface area (Å²) in [6.45, 7) is 1.85. The van der Waals surface area contributed by atoms with Crippen molar-refractivity contribution >= 4 is 17.5 Å². The second kappa shape index (κ2) is 2.41. The Bertz CT molecular complexity index is 433. The van der Waals surface area contributed by atoms with Crippen molar-refractivity contribution in [3.8, 4) is 0 Å². The molecule has 60 valence electrons. The van der Waals surface area contributed by atoms with Gasteiger partial charge in [-0.15, -0.1) is 0 Å². The van der Waals surface area contributed by atoms with Crippen molar-refractivity contribution < 1.29 is 4.79 Å². The number of hydrogen-bond donors (Lipinski definition) is 1. The first kappa shape index (κ1) is 6.97. The second-order valence-corrected chi connectivity index (χ2v) is 2.55. The molecule has 4 nitrogen and oxygen atoms in total. The summed E-state index contributed by atoms with van der Waals surface area (Å²) in [5.74, 6) is 0.806. The number of hydrogen-bond acceptors (Lipinski definition) is 3. The Morgan fingerprint density at radius 3 is 3.00 bits per heavy atom. The van der Waals surface area contributed by atoms with Crippen molar-refractivity contribution in [1.29, 1.82) is 0 Å². The third kappa shape index (κ3) is 0.972. The van der Waals surface area contributed by atoms with Gasteiger partial charge in [0.25, 0.3) is 0 Å². The third-order valence-corrected chi connectivity index (χ3v) is 1.61. The third-order valence-electron chi connectivity index (χ3n) is 1.61. The van der Waals surface area contributed by atoms with E-state index in [-0.39, 0.29) is 0 Å². The van der Waals surface area contributed by atoms with Gasteiger partial charge in [0.2, 0.25) is 0 Å². The highest BCUT2D eigenvalue weighted by atomic mass is 16.1. The number of pyridine rings is 1. The molecule has 0 amide bonds. The highest BCUT2D eigenvalue weighted by Crippen LogP contribution is 2.07. The quantitative estimate of drug-likeness (QED) is 0.636. The lowest BCUT2D eigenvalue weighted by Gasteiger charge is -1.87. The summed E-state index contributed by atoms with van der Waals surface area (Å²) in [4.78, 5) is 21.5. The standard InChI is InChI=1S/C8H7N3O/c1-5-9-7-3-2-6(4-12)11-8(7)10-5/h2-4H,1H3,(H,9,10,11). The lowest BCUT2D eigenvalue weighted by molar-refractivity contribution is 0.111. The number of nitrogens with one attached hydrogen (secondary N) is 1. The van der Waals surface area contributed by atoms with Gasteiger partial charge in [-0.05, 0) is 19.1 Å². The maximum Gasteiger partial charge on any atom is 0.178 e. The first-order valence-corrected chi connectivity index (χ1v) is 3.58. The molecule has 0 aromatic carbocycles. The Morgan fingerprint density at radius 2 is 2.25 bits per heavy atom. The van der Waals surface area contributed by atoms with Crippen molar-refractivity contribution in [3.05, 3.63) is 23.7 Å². The molecule has 0 saturated heterocycles. The molecule has 0 aliphatic rings. The number of fused-ring (bicyclic) bond motifs is 1. The van der Waals surface area contributed by atoms with Gasteiger partial charge in [-0.3, -0.25) is 4.79 Å². The maximum absolute atomic E-state index is 10.4. The zero-order valence-electron chi connectivity index (χ0n) is 6.53. The van der Waals surface area contributed by atoms with Gasteiger partial charge >= 0.3 is 0 Å². The van der Waals surface area contributed by atoms with Gasteiger partial charge in [0, 0.05) is 0 Å². The molecule has 0 bridgehead atoms.